The van der Waals surface area contributed by atoms with Gasteiger partial charge in [-0.1, -0.05) is 0 Å². The quantitative estimate of drug-likeness (QED) is 0.217. The van der Waals surface area contributed by atoms with Crippen LogP contribution in [0.25, 0.3) is 0 Å². The molecule has 0 aromatic rings. The molecular formula is C58H94F2O6. The highest BCUT2D eigenvalue weighted by molar-refractivity contribution is 5.99. The molecule has 10 rings (SSSR count). The minimum atomic E-state index is -0.878. The monoisotopic (exact) mass is 925 g/mol. The van der Waals surface area contributed by atoms with Gasteiger partial charge in [0.15, 0.2) is 11.6 Å². The third kappa shape index (κ3) is 9.36. The van der Waals surface area contributed by atoms with E-state index < -0.39 is 34.0 Å². The molecule has 0 N–H and O–H groups in total. The Kier molecular flexibility index (Phi) is 16.2. The van der Waals surface area contributed by atoms with Gasteiger partial charge in [-0.05, 0) is 267 Å². The van der Waals surface area contributed by atoms with Gasteiger partial charge in [0, 0.05) is 27.4 Å². The van der Waals surface area contributed by atoms with Crippen molar-refractivity contribution < 1.29 is 37.3 Å². The predicted molar refractivity (Wildman–Crippen MR) is 258 cm³/mol. The Bertz CT molecular complexity index is 1440. The van der Waals surface area contributed by atoms with Crippen molar-refractivity contribution in [3.8, 4) is 0 Å². The van der Waals surface area contributed by atoms with Crippen molar-refractivity contribution in [2.75, 3.05) is 27.4 Å². The maximum absolute atomic E-state index is 16.0. The fourth-order valence-electron chi connectivity index (χ4n) is 18.3. The van der Waals surface area contributed by atoms with Crippen LogP contribution in [0, 0.1) is 69.0 Å². The standard InChI is InChI=1S/C30H49FO3.C28H45FO3/c1-3-33-25-9-5-21(6-10-25)23-13-17-29(18-14-23)27(31)30(28(29)32)19-15-24(16-20-30)22-7-11-26(12-8-22)34-4-2;1-31-23-7-3-19(4-8-23)21-11-15-27(16-12-21)25(29)28(26(27)30)17-13-22(14-18-28)20-5-9-24(32-2)10-6-20/h21-27H,3-20H2,1-2H3;19-25H,3-18H2,1-2H3. The summed E-state index contributed by atoms with van der Waals surface area (Å²) < 4.78 is 54.7. The van der Waals surface area contributed by atoms with E-state index in [0.717, 1.165) is 140 Å². The van der Waals surface area contributed by atoms with Crippen molar-refractivity contribution in [2.45, 2.75) is 256 Å². The predicted octanol–water partition coefficient (Wildman–Crippen LogP) is 14.1. The fourth-order valence-corrected chi connectivity index (χ4v) is 18.3. The summed E-state index contributed by atoms with van der Waals surface area (Å²) in [5.74, 6) is 6.55. The van der Waals surface area contributed by atoms with Crippen LogP contribution < -0.4 is 0 Å². The molecule has 0 saturated heterocycles. The molecular weight excluding hydrogens is 831 g/mol. The average molecular weight is 925 g/mol. The number of Topliss-reactive ketones (excluding diaryl/α,β-unsaturated/α-hetero) is 2. The van der Waals surface area contributed by atoms with Crippen LogP contribution in [0.4, 0.5) is 8.78 Å². The summed E-state index contributed by atoms with van der Waals surface area (Å²) in [6, 6.07) is 0. The van der Waals surface area contributed by atoms with E-state index in [-0.39, 0.29) is 0 Å². The van der Waals surface area contributed by atoms with Crippen LogP contribution in [0.15, 0.2) is 0 Å². The molecule has 8 heteroatoms. The molecule has 0 bridgehead atoms. The zero-order valence-electron chi connectivity index (χ0n) is 42.3. The minimum Gasteiger partial charge on any atom is -0.381 e. The highest BCUT2D eigenvalue weighted by Gasteiger charge is 2.73. The van der Waals surface area contributed by atoms with Crippen LogP contribution in [-0.4, -0.2) is 75.8 Å². The minimum absolute atomic E-state index is 0.334. The first-order valence-electron chi connectivity index (χ1n) is 28.7. The number of ether oxygens (including phenoxy) is 4. The summed E-state index contributed by atoms with van der Waals surface area (Å²) in [5, 5.41) is 0. The second-order valence-corrected chi connectivity index (χ2v) is 24.9. The van der Waals surface area contributed by atoms with E-state index in [1.54, 1.807) is 0 Å². The normalized spacial score (nSPS) is 48.7. The Hall–Kier alpha value is -0.960. The third-order valence-electron chi connectivity index (χ3n) is 22.5. The number of hydrogen-bond donors (Lipinski definition) is 0. The molecule has 10 fully saturated rings. The zero-order chi connectivity index (χ0) is 46.1. The maximum atomic E-state index is 16.0. The average Bonchev–Trinajstić information content (AvgIpc) is 3.39. The Labute approximate surface area is 400 Å². The summed E-state index contributed by atoms with van der Waals surface area (Å²) in [5.41, 5.74) is -2.43. The lowest BCUT2D eigenvalue weighted by Gasteiger charge is -2.62. The number of carbonyl (C=O) groups is 2. The molecule has 0 heterocycles. The molecule has 66 heavy (non-hydrogen) atoms. The molecule has 0 unspecified atom stereocenters. The van der Waals surface area contributed by atoms with E-state index in [1.807, 2.05) is 14.2 Å². The lowest BCUT2D eigenvalue weighted by Crippen LogP contribution is -2.69. The molecule has 0 aromatic heterocycles. The van der Waals surface area contributed by atoms with Gasteiger partial charge in [0.1, 0.15) is 12.3 Å². The van der Waals surface area contributed by atoms with Crippen molar-refractivity contribution in [3.05, 3.63) is 0 Å². The van der Waals surface area contributed by atoms with Crippen molar-refractivity contribution in [1.29, 1.82) is 0 Å². The number of hydrogen-bond acceptors (Lipinski definition) is 6. The number of rotatable bonds is 10. The number of ketones is 2. The van der Waals surface area contributed by atoms with Crippen molar-refractivity contribution >= 4 is 11.6 Å². The van der Waals surface area contributed by atoms with E-state index in [4.69, 9.17) is 18.9 Å². The molecule has 0 aromatic carbocycles. The molecule has 10 saturated carbocycles. The molecule has 4 spiro atoms. The Morgan fingerprint density at radius 2 is 0.545 bits per heavy atom. The zero-order valence-corrected chi connectivity index (χ0v) is 42.3. The lowest BCUT2D eigenvalue weighted by molar-refractivity contribution is -0.195. The number of carbonyl (C=O) groups excluding carboxylic acids is 2. The highest BCUT2D eigenvalue weighted by Crippen LogP contribution is 2.68. The topological polar surface area (TPSA) is 71.1 Å². The largest absolute Gasteiger partial charge is 0.381 e. The van der Waals surface area contributed by atoms with Gasteiger partial charge in [0.05, 0.1) is 46.1 Å². The Morgan fingerprint density at radius 3 is 0.727 bits per heavy atom. The van der Waals surface area contributed by atoms with E-state index in [1.165, 1.54) is 103 Å². The van der Waals surface area contributed by atoms with Crippen LogP contribution in [0.2, 0.25) is 0 Å². The SMILES string of the molecule is CCOC1CCC(C2CCC3(CC2)C(=O)C2(CCC(C4CCC(OCC)CC4)CC2)C3F)CC1.COC1CCC(C2CCC3(CC2)C(=O)C2(CCC(C4CCC(OC)CC4)CC2)C3F)CC1. The van der Waals surface area contributed by atoms with Crippen molar-refractivity contribution in [1.82, 2.24) is 0 Å². The Morgan fingerprint density at radius 1 is 0.348 bits per heavy atom. The van der Waals surface area contributed by atoms with E-state index in [0.29, 0.717) is 59.7 Å². The number of alkyl halides is 2. The summed E-state index contributed by atoms with van der Waals surface area (Å²) in [4.78, 5) is 27.2. The van der Waals surface area contributed by atoms with Crippen molar-refractivity contribution in [3.63, 3.8) is 0 Å². The summed E-state index contributed by atoms with van der Waals surface area (Å²) in [6.45, 7) is 5.81. The van der Waals surface area contributed by atoms with E-state index in [9.17, 15) is 9.59 Å². The second-order valence-electron chi connectivity index (χ2n) is 24.9. The molecule has 10 aliphatic rings. The van der Waals surface area contributed by atoms with Gasteiger partial charge >= 0.3 is 0 Å². The lowest BCUT2D eigenvalue weighted by atomic mass is 9.41. The van der Waals surface area contributed by atoms with Gasteiger partial charge in [-0.2, -0.15) is 0 Å². The van der Waals surface area contributed by atoms with Gasteiger partial charge in [-0.3, -0.25) is 9.59 Å². The summed E-state index contributed by atoms with van der Waals surface area (Å²) in [6.07, 6.45) is 34.5. The molecule has 376 valence electrons. The van der Waals surface area contributed by atoms with Gasteiger partial charge in [-0.15, -0.1) is 0 Å². The molecule has 0 amide bonds. The fraction of sp³-hybridized carbons (Fsp3) is 0.966. The van der Waals surface area contributed by atoms with E-state index in [2.05, 4.69) is 13.8 Å². The van der Waals surface area contributed by atoms with Crippen molar-refractivity contribution in [2.24, 2.45) is 69.0 Å². The van der Waals surface area contributed by atoms with Gasteiger partial charge < -0.3 is 18.9 Å². The molecule has 10 aliphatic carbocycles. The van der Waals surface area contributed by atoms with Crippen LogP contribution in [-0.2, 0) is 28.5 Å². The molecule has 0 aliphatic heterocycles. The van der Waals surface area contributed by atoms with E-state index >= 15 is 8.78 Å². The third-order valence-corrected chi connectivity index (χ3v) is 22.5. The summed E-state index contributed by atoms with van der Waals surface area (Å²) in [7, 11) is 3.65. The molecule has 6 nitrogen and oxygen atoms in total. The highest BCUT2D eigenvalue weighted by atomic mass is 19.1. The van der Waals surface area contributed by atoms with Crippen LogP contribution in [0.3, 0.4) is 0 Å². The first-order valence-corrected chi connectivity index (χ1v) is 28.7. The van der Waals surface area contributed by atoms with Crippen LogP contribution in [0.5, 0.6) is 0 Å². The smallest absolute Gasteiger partial charge is 0.151 e. The van der Waals surface area contributed by atoms with Crippen LogP contribution >= 0.6 is 0 Å². The molecule has 0 radical (unpaired) electrons. The Balaban J connectivity index is 0.000000166. The number of halogens is 2. The van der Waals surface area contributed by atoms with Gasteiger partial charge in [0.25, 0.3) is 0 Å². The maximum Gasteiger partial charge on any atom is 0.151 e. The van der Waals surface area contributed by atoms with Gasteiger partial charge in [0.2, 0.25) is 0 Å². The number of methoxy groups -OCH3 is 2. The second kappa shape index (κ2) is 21.4. The van der Waals surface area contributed by atoms with Crippen LogP contribution in [0.1, 0.15) is 219 Å². The summed E-state index contributed by atoms with van der Waals surface area (Å²) >= 11 is 0. The first kappa shape index (κ1) is 50.0. The molecule has 0 atom stereocenters. The first-order chi connectivity index (χ1) is 32.0. The van der Waals surface area contributed by atoms with Gasteiger partial charge in [-0.25, -0.2) is 8.78 Å².